The average molecular weight is 645 g/mol. The van der Waals surface area contributed by atoms with Crippen LogP contribution in [0.3, 0.4) is 0 Å². The number of anilines is 1. The van der Waals surface area contributed by atoms with Crippen LogP contribution in [0.25, 0.3) is 0 Å². The Kier molecular flexibility index (Phi) is 9.18. The maximum atomic E-state index is 13.6. The lowest BCUT2D eigenvalue weighted by molar-refractivity contribution is 0.0560. The molecule has 0 saturated heterocycles. The third kappa shape index (κ3) is 6.16. The van der Waals surface area contributed by atoms with E-state index in [2.05, 4.69) is 4.99 Å². The zero-order valence-corrected chi connectivity index (χ0v) is 28.0. The quantitative estimate of drug-likeness (QED) is 0.304. The van der Waals surface area contributed by atoms with E-state index in [9.17, 15) is 14.7 Å². The van der Waals surface area contributed by atoms with Crippen LogP contribution in [0.4, 0.5) is 11.4 Å². The molecule has 11 heteroatoms. The van der Waals surface area contributed by atoms with Crippen LogP contribution < -0.4 is 23.8 Å². The molecule has 2 aromatic carbocycles. The number of rotatable bonds is 11. The molecule has 11 nitrogen and oxygen atoms in total. The van der Waals surface area contributed by atoms with Crippen molar-refractivity contribution in [1.82, 2.24) is 9.80 Å². The zero-order valence-electron chi connectivity index (χ0n) is 28.0. The van der Waals surface area contributed by atoms with E-state index in [0.29, 0.717) is 65.1 Å². The van der Waals surface area contributed by atoms with Crippen molar-refractivity contribution in [2.75, 3.05) is 32.3 Å². The number of methoxy groups -OCH3 is 2. The summed E-state index contributed by atoms with van der Waals surface area (Å²) >= 11 is 0. The van der Waals surface area contributed by atoms with Crippen LogP contribution in [0.2, 0.25) is 0 Å². The third-order valence-electron chi connectivity index (χ3n) is 9.14. The summed E-state index contributed by atoms with van der Waals surface area (Å²) in [6.45, 7) is 8.90. The zero-order chi connectivity index (χ0) is 33.4. The molecule has 250 valence electrons. The van der Waals surface area contributed by atoms with Crippen molar-refractivity contribution in [2.45, 2.75) is 84.2 Å². The number of benzene rings is 2. The van der Waals surface area contributed by atoms with Gasteiger partial charge in [0.05, 0.1) is 62.0 Å². The van der Waals surface area contributed by atoms with Crippen LogP contribution >= 0.6 is 0 Å². The summed E-state index contributed by atoms with van der Waals surface area (Å²) in [5.41, 5.74) is 4.38. The lowest BCUT2D eigenvalue weighted by atomic mass is 10.1. The van der Waals surface area contributed by atoms with Crippen LogP contribution in [-0.4, -0.2) is 84.7 Å². The van der Waals surface area contributed by atoms with Gasteiger partial charge in [-0.1, -0.05) is 11.1 Å². The highest BCUT2D eigenvalue weighted by Crippen LogP contribution is 2.43. The van der Waals surface area contributed by atoms with Crippen LogP contribution in [0.15, 0.2) is 52.8 Å². The Labute approximate surface area is 276 Å². The van der Waals surface area contributed by atoms with Crippen molar-refractivity contribution >= 4 is 29.4 Å². The summed E-state index contributed by atoms with van der Waals surface area (Å²) < 4.78 is 23.5. The van der Waals surface area contributed by atoms with Crippen molar-refractivity contribution < 1.29 is 33.6 Å². The van der Waals surface area contributed by atoms with Crippen LogP contribution in [0.5, 0.6) is 23.0 Å². The number of aliphatic hydroxyl groups excluding tert-OH is 1. The minimum absolute atomic E-state index is 0.0528. The molecule has 0 bridgehead atoms. The number of amides is 2. The number of carbonyl (C=O) groups is 2. The Balaban J connectivity index is 1.07. The fourth-order valence-electron chi connectivity index (χ4n) is 6.83. The van der Waals surface area contributed by atoms with E-state index in [1.807, 2.05) is 57.3 Å². The molecule has 0 aromatic heterocycles. The maximum Gasteiger partial charge on any atom is 0.260 e. The van der Waals surface area contributed by atoms with E-state index in [1.54, 1.807) is 42.2 Å². The number of carbonyl (C=O) groups excluding carboxylic acids is 2. The monoisotopic (exact) mass is 644 g/mol. The predicted octanol–water partition coefficient (Wildman–Crippen LogP) is 5.83. The van der Waals surface area contributed by atoms with Crippen LogP contribution in [0, 0.1) is 0 Å². The first-order chi connectivity index (χ1) is 22.6. The third-order valence-corrected chi connectivity index (χ3v) is 9.14. The second-order valence-corrected chi connectivity index (χ2v) is 12.9. The lowest BCUT2D eigenvalue weighted by Crippen LogP contribution is -2.50. The van der Waals surface area contributed by atoms with Crippen molar-refractivity contribution in [2.24, 2.45) is 4.99 Å². The van der Waals surface area contributed by atoms with Gasteiger partial charge in [0.1, 0.15) is 6.23 Å². The highest BCUT2D eigenvalue weighted by atomic mass is 16.5. The molecule has 1 N–H and O–H groups in total. The Hall–Kier alpha value is -4.51. The van der Waals surface area contributed by atoms with Crippen molar-refractivity contribution in [3.05, 3.63) is 58.9 Å². The second kappa shape index (κ2) is 13.3. The number of aliphatic hydroxyl groups is 1. The van der Waals surface area contributed by atoms with Gasteiger partial charge in [-0.2, -0.15) is 0 Å². The molecule has 4 aliphatic rings. The molecule has 6 rings (SSSR count). The van der Waals surface area contributed by atoms with E-state index in [4.69, 9.17) is 18.9 Å². The van der Waals surface area contributed by atoms with E-state index in [-0.39, 0.29) is 29.9 Å². The van der Waals surface area contributed by atoms with Crippen LogP contribution in [-0.2, 0) is 0 Å². The van der Waals surface area contributed by atoms with Gasteiger partial charge in [0.15, 0.2) is 23.0 Å². The summed E-state index contributed by atoms with van der Waals surface area (Å²) in [4.78, 5) is 36.7. The Bertz CT molecular complexity index is 1650. The maximum absolute atomic E-state index is 13.6. The normalized spacial score (nSPS) is 21.4. The number of unbranched alkanes of at least 4 members (excludes halogenated alkanes) is 2. The molecule has 0 spiro atoms. The Morgan fingerprint density at radius 3 is 2.06 bits per heavy atom. The first kappa shape index (κ1) is 32.4. The summed E-state index contributed by atoms with van der Waals surface area (Å²) in [6.07, 6.45) is 8.49. The molecular weight excluding hydrogens is 600 g/mol. The molecule has 47 heavy (non-hydrogen) atoms. The standard InChI is InChI=1S/C36H44N4O7/c1-21(2)40-28-17-33(31(45-6)15-26(28)35(42)39-20-23(4)13-29(39)36(40)43)47-11-9-7-8-10-46-32-16-27-25(14-30(32)44-5)34(41)38-19-22(3)12-24(38)18-37-27/h14-21,24,29,36,43H,7-13H2,1-6H3/t24-,29-,36?/m0/s1. The fraction of sp³-hybridized carbons (Fsp3) is 0.472. The summed E-state index contributed by atoms with van der Waals surface area (Å²) in [6, 6.07) is 6.55. The topological polar surface area (TPSA) is 113 Å². The largest absolute Gasteiger partial charge is 0.493 e. The van der Waals surface area contributed by atoms with Gasteiger partial charge in [0.25, 0.3) is 11.8 Å². The molecule has 0 radical (unpaired) electrons. The molecule has 4 aliphatic heterocycles. The van der Waals surface area contributed by atoms with E-state index < -0.39 is 6.23 Å². The van der Waals surface area contributed by atoms with Gasteiger partial charge in [0.2, 0.25) is 0 Å². The first-order valence-electron chi connectivity index (χ1n) is 16.3. The van der Waals surface area contributed by atoms with Gasteiger partial charge in [-0.3, -0.25) is 14.6 Å². The van der Waals surface area contributed by atoms with Gasteiger partial charge in [0, 0.05) is 36.8 Å². The molecule has 2 aromatic rings. The Morgan fingerprint density at radius 1 is 0.809 bits per heavy atom. The molecule has 0 saturated carbocycles. The van der Waals surface area contributed by atoms with Gasteiger partial charge in [-0.25, -0.2) is 0 Å². The molecule has 2 amide bonds. The highest BCUT2D eigenvalue weighted by Gasteiger charge is 2.43. The molecule has 1 unspecified atom stereocenters. The predicted molar refractivity (Wildman–Crippen MR) is 179 cm³/mol. The molecule has 3 atom stereocenters. The smallest absolute Gasteiger partial charge is 0.260 e. The van der Waals surface area contributed by atoms with Gasteiger partial charge in [-0.05, 0) is 71.9 Å². The number of fused-ring (bicyclic) bond motifs is 4. The SMILES string of the molecule is COc1cc2c(cc1OCCCCCOc1cc3c(cc1OC)C(=O)N1C=C(C)C[C@H]1C(O)N3C(C)C)N=C[C@@H]1CC(C)=CN1C2=O. The lowest BCUT2D eigenvalue weighted by Gasteiger charge is -2.36. The van der Waals surface area contributed by atoms with E-state index in [1.165, 1.54) is 0 Å². The van der Waals surface area contributed by atoms with Gasteiger partial charge >= 0.3 is 0 Å². The minimum Gasteiger partial charge on any atom is -0.493 e. The van der Waals surface area contributed by atoms with Gasteiger partial charge < -0.3 is 38.8 Å². The minimum atomic E-state index is -0.862. The Morgan fingerprint density at radius 2 is 1.40 bits per heavy atom. The number of aliphatic imine (C=N–C) groups is 1. The van der Waals surface area contributed by atoms with E-state index in [0.717, 1.165) is 36.8 Å². The van der Waals surface area contributed by atoms with Gasteiger partial charge in [-0.15, -0.1) is 0 Å². The number of hydrogen-bond donors (Lipinski definition) is 1. The number of nitrogens with zero attached hydrogens (tertiary/aromatic N) is 4. The molecular formula is C36H44N4O7. The average Bonchev–Trinajstić information content (AvgIpc) is 3.58. The van der Waals surface area contributed by atoms with Crippen LogP contribution in [0.1, 0.15) is 80.5 Å². The number of hydrogen-bond acceptors (Lipinski definition) is 9. The molecule has 0 fully saturated rings. The molecule has 4 heterocycles. The fourth-order valence-corrected chi connectivity index (χ4v) is 6.83. The van der Waals surface area contributed by atoms with Crippen molar-refractivity contribution in [3.63, 3.8) is 0 Å². The summed E-state index contributed by atoms with van der Waals surface area (Å²) in [7, 11) is 3.12. The second-order valence-electron chi connectivity index (χ2n) is 12.9. The van der Waals surface area contributed by atoms with Crippen molar-refractivity contribution in [3.8, 4) is 23.0 Å². The summed E-state index contributed by atoms with van der Waals surface area (Å²) in [5, 5.41) is 11.4. The number of ether oxygens (including phenoxy) is 4. The first-order valence-corrected chi connectivity index (χ1v) is 16.3. The molecule has 0 aliphatic carbocycles. The van der Waals surface area contributed by atoms with E-state index >= 15 is 0 Å². The summed E-state index contributed by atoms with van der Waals surface area (Å²) in [5.74, 6) is 1.79. The highest BCUT2D eigenvalue weighted by molar-refractivity contribution is 6.04. The van der Waals surface area contributed by atoms with Crippen molar-refractivity contribution in [1.29, 1.82) is 0 Å².